The highest BCUT2D eigenvalue weighted by Crippen LogP contribution is 2.24. The third-order valence-electron chi connectivity index (χ3n) is 3.73. The van der Waals surface area contributed by atoms with Gasteiger partial charge in [-0.05, 0) is 12.1 Å². The zero-order chi connectivity index (χ0) is 17.5. The number of hydrazone groups is 1. The van der Waals surface area contributed by atoms with E-state index in [9.17, 15) is 9.59 Å². The first kappa shape index (κ1) is 17.9. The largest absolute Gasteiger partial charge is 0.395 e. The Kier molecular flexibility index (Phi) is 6.28. The number of para-hydroxylation sites is 1. The van der Waals surface area contributed by atoms with E-state index in [4.69, 9.17) is 15.6 Å². The Labute approximate surface area is 140 Å². The Morgan fingerprint density at radius 3 is 2.67 bits per heavy atom. The number of nitrogens with two attached hydrogens (primary N) is 1. The summed E-state index contributed by atoms with van der Waals surface area (Å²) in [7, 11) is 1.54. The highest BCUT2D eigenvalue weighted by Gasteiger charge is 2.36. The summed E-state index contributed by atoms with van der Waals surface area (Å²) in [5, 5.41) is 14.9. The Balaban J connectivity index is 2.22. The Bertz CT molecular complexity index is 605. The van der Waals surface area contributed by atoms with E-state index in [1.807, 2.05) is 18.2 Å². The maximum absolute atomic E-state index is 12.6. The van der Waals surface area contributed by atoms with Crippen LogP contribution >= 0.6 is 0 Å². The minimum absolute atomic E-state index is 0.137. The van der Waals surface area contributed by atoms with Crippen molar-refractivity contribution in [3.05, 3.63) is 30.3 Å². The number of nitrogens with zero attached hydrogens (tertiary/aromatic N) is 3. The Hall–Kier alpha value is -2.45. The second-order valence-corrected chi connectivity index (χ2v) is 5.36. The predicted octanol–water partition coefficient (Wildman–Crippen LogP) is -0.426. The average Bonchev–Trinajstić information content (AvgIpc) is 3.04. The standard InChI is InChI=1S/C16H22N4O4/c1-24-10-8-19(7-9-21)16(23)13-11-14(15(17)22)20(18-13)12-5-3-2-4-6-12/h2-6,14,21H,7-11H2,1H3,(H2,17,22)/t14-/m1/s1. The minimum atomic E-state index is -0.704. The van der Waals surface area contributed by atoms with Gasteiger partial charge in [-0.15, -0.1) is 0 Å². The number of methoxy groups -OCH3 is 1. The van der Waals surface area contributed by atoms with Crippen LogP contribution in [0.5, 0.6) is 0 Å². The lowest BCUT2D eigenvalue weighted by atomic mass is 10.1. The first-order chi connectivity index (χ1) is 11.6. The van der Waals surface area contributed by atoms with Gasteiger partial charge in [-0.2, -0.15) is 5.10 Å². The van der Waals surface area contributed by atoms with E-state index in [0.717, 1.165) is 0 Å². The Morgan fingerprint density at radius 1 is 1.38 bits per heavy atom. The molecule has 0 aliphatic carbocycles. The predicted molar refractivity (Wildman–Crippen MR) is 89.5 cm³/mol. The van der Waals surface area contributed by atoms with E-state index < -0.39 is 11.9 Å². The molecule has 3 N–H and O–H groups in total. The molecule has 0 spiro atoms. The van der Waals surface area contributed by atoms with Crippen LogP contribution in [0.3, 0.4) is 0 Å². The van der Waals surface area contributed by atoms with Crippen LogP contribution in [0.25, 0.3) is 0 Å². The summed E-state index contributed by atoms with van der Waals surface area (Å²) in [6, 6.07) is 8.37. The van der Waals surface area contributed by atoms with Crippen molar-refractivity contribution in [3.63, 3.8) is 0 Å². The third kappa shape index (κ3) is 4.09. The molecular formula is C16H22N4O4. The second-order valence-electron chi connectivity index (χ2n) is 5.36. The number of aliphatic hydroxyl groups excluding tert-OH is 1. The molecule has 2 rings (SSSR count). The fraction of sp³-hybridized carbons (Fsp3) is 0.438. The summed E-state index contributed by atoms with van der Waals surface area (Å²) < 4.78 is 4.98. The van der Waals surface area contributed by atoms with E-state index in [1.165, 1.54) is 17.0 Å². The molecule has 2 amide bonds. The number of aliphatic hydroxyl groups is 1. The molecule has 0 aromatic heterocycles. The fourth-order valence-corrected chi connectivity index (χ4v) is 2.50. The average molecular weight is 334 g/mol. The van der Waals surface area contributed by atoms with Gasteiger partial charge >= 0.3 is 0 Å². The number of amides is 2. The highest BCUT2D eigenvalue weighted by atomic mass is 16.5. The van der Waals surface area contributed by atoms with E-state index in [-0.39, 0.29) is 31.2 Å². The molecule has 1 aromatic carbocycles. The van der Waals surface area contributed by atoms with Crippen molar-refractivity contribution < 1.29 is 19.4 Å². The molecule has 0 saturated heterocycles. The number of ether oxygens (including phenoxy) is 1. The summed E-state index contributed by atoms with van der Waals surface area (Å²) in [5.41, 5.74) is 6.40. The summed E-state index contributed by atoms with van der Waals surface area (Å²) in [4.78, 5) is 25.8. The summed E-state index contributed by atoms with van der Waals surface area (Å²) in [6.45, 7) is 0.695. The van der Waals surface area contributed by atoms with E-state index >= 15 is 0 Å². The summed E-state index contributed by atoms with van der Waals surface area (Å²) >= 11 is 0. The summed E-state index contributed by atoms with van der Waals surface area (Å²) in [6.07, 6.45) is 0.137. The van der Waals surface area contributed by atoms with Crippen LogP contribution in [0, 0.1) is 0 Å². The van der Waals surface area contributed by atoms with Gasteiger partial charge in [0, 0.05) is 26.6 Å². The number of carbonyl (C=O) groups excluding carboxylic acids is 2. The van der Waals surface area contributed by atoms with Gasteiger partial charge in [-0.25, -0.2) is 0 Å². The number of anilines is 1. The quantitative estimate of drug-likeness (QED) is 0.671. The van der Waals surface area contributed by atoms with Gasteiger partial charge in [0.2, 0.25) is 5.91 Å². The number of benzene rings is 1. The number of hydrogen-bond donors (Lipinski definition) is 2. The molecule has 1 atom stereocenters. The van der Waals surface area contributed by atoms with Gasteiger partial charge in [-0.3, -0.25) is 14.6 Å². The van der Waals surface area contributed by atoms with Gasteiger partial charge < -0.3 is 20.5 Å². The zero-order valence-corrected chi connectivity index (χ0v) is 13.6. The van der Waals surface area contributed by atoms with Gasteiger partial charge in [0.25, 0.3) is 5.91 Å². The number of carbonyl (C=O) groups is 2. The maximum atomic E-state index is 12.6. The monoisotopic (exact) mass is 334 g/mol. The fourth-order valence-electron chi connectivity index (χ4n) is 2.50. The summed E-state index contributed by atoms with van der Waals surface area (Å²) in [5.74, 6) is -0.873. The molecule has 130 valence electrons. The first-order valence-corrected chi connectivity index (χ1v) is 7.68. The SMILES string of the molecule is COCCN(CCO)C(=O)C1=NN(c2ccccc2)[C@@H](C(N)=O)C1. The molecule has 0 fully saturated rings. The molecule has 1 aliphatic heterocycles. The topological polar surface area (TPSA) is 108 Å². The number of primary amides is 1. The van der Waals surface area contributed by atoms with Crippen molar-refractivity contribution in [2.75, 3.05) is 38.4 Å². The van der Waals surface area contributed by atoms with Crippen LogP contribution in [-0.4, -0.2) is 67.0 Å². The minimum Gasteiger partial charge on any atom is -0.395 e. The normalized spacial score (nSPS) is 16.8. The molecule has 0 unspecified atom stereocenters. The van der Waals surface area contributed by atoms with Crippen molar-refractivity contribution >= 4 is 23.2 Å². The van der Waals surface area contributed by atoms with Crippen LogP contribution < -0.4 is 10.7 Å². The van der Waals surface area contributed by atoms with Crippen LogP contribution in [0.2, 0.25) is 0 Å². The Morgan fingerprint density at radius 2 is 2.08 bits per heavy atom. The molecule has 8 heteroatoms. The molecule has 1 aromatic rings. The van der Waals surface area contributed by atoms with Gasteiger partial charge in [0.05, 0.1) is 18.9 Å². The van der Waals surface area contributed by atoms with Crippen LogP contribution in [0.15, 0.2) is 35.4 Å². The molecule has 1 heterocycles. The molecular weight excluding hydrogens is 312 g/mol. The molecule has 0 radical (unpaired) electrons. The maximum Gasteiger partial charge on any atom is 0.270 e. The van der Waals surface area contributed by atoms with E-state index in [0.29, 0.717) is 18.8 Å². The molecule has 24 heavy (non-hydrogen) atoms. The lowest BCUT2D eigenvalue weighted by molar-refractivity contribution is -0.125. The van der Waals surface area contributed by atoms with Gasteiger partial charge in [-0.1, -0.05) is 18.2 Å². The van der Waals surface area contributed by atoms with Crippen molar-refractivity contribution in [3.8, 4) is 0 Å². The van der Waals surface area contributed by atoms with Gasteiger partial charge in [0.15, 0.2) is 0 Å². The van der Waals surface area contributed by atoms with Crippen molar-refractivity contribution in [1.82, 2.24) is 4.90 Å². The van der Waals surface area contributed by atoms with E-state index in [2.05, 4.69) is 5.10 Å². The molecule has 8 nitrogen and oxygen atoms in total. The van der Waals surface area contributed by atoms with E-state index in [1.54, 1.807) is 12.1 Å². The molecule has 0 saturated carbocycles. The second kappa shape index (κ2) is 8.42. The van der Waals surface area contributed by atoms with Crippen LogP contribution in [0.1, 0.15) is 6.42 Å². The smallest absolute Gasteiger partial charge is 0.270 e. The van der Waals surface area contributed by atoms with Crippen molar-refractivity contribution in [1.29, 1.82) is 0 Å². The number of hydrogen-bond acceptors (Lipinski definition) is 6. The first-order valence-electron chi connectivity index (χ1n) is 7.68. The van der Waals surface area contributed by atoms with Crippen molar-refractivity contribution in [2.24, 2.45) is 10.8 Å². The zero-order valence-electron chi connectivity index (χ0n) is 13.6. The van der Waals surface area contributed by atoms with Crippen LogP contribution in [-0.2, 0) is 14.3 Å². The lowest BCUT2D eigenvalue weighted by Crippen LogP contribution is -2.42. The van der Waals surface area contributed by atoms with Crippen LogP contribution in [0.4, 0.5) is 5.69 Å². The molecule has 1 aliphatic rings. The van der Waals surface area contributed by atoms with Crippen molar-refractivity contribution in [2.45, 2.75) is 12.5 Å². The third-order valence-corrected chi connectivity index (χ3v) is 3.73. The van der Waals surface area contributed by atoms with Gasteiger partial charge in [0.1, 0.15) is 11.8 Å². The number of rotatable bonds is 8. The highest BCUT2D eigenvalue weighted by molar-refractivity contribution is 6.40. The lowest BCUT2D eigenvalue weighted by Gasteiger charge is -2.20. The molecule has 0 bridgehead atoms.